The largest absolute Gasteiger partial charge is 0.378 e. The lowest BCUT2D eigenvalue weighted by Crippen LogP contribution is -2.47. The van der Waals surface area contributed by atoms with Crippen LogP contribution in [0, 0.1) is 0 Å². The van der Waals surface area contributed by atoms with Crippen LogP contribution in [0.1, 0.15) is 40.2 Å². The van der Waals surface area contributed by atoms with E-state index in [-0.39, 0.29) is 16.3 Å². The summed E-state index contributed by atoms with van der Waals surface area (Å²) in [7, 11) is 1.85. The first kappa shape index (κ1) is 18.8. The molecule has 0 N–H and O–H groups in total. The van der Waals surface area contributed by atoms with Crippen LogP contribution in [0.25, 0.3) is 0 Å². The highest BCUT2D eigenvalue weighted by Gasteiger charge is 2.31. The van der Waals surface area contributed by atoms with E-state index in [2.05, 4.69) is 18.7 Å². The van der Waals surface area contributed by atoms with E-state index in [1.54, 1.807) is 0 Å². The van der Waals surface area contributed by atoms with E-state index in [1.807, 2.05) is 32.7 Å². The van der Waals surface area contributed by atoms with Gasteiger partial charge in [-0.25, -0.2) is 0 Å². The monoisotopic (exact) mass is 310 g/mol. The Balaban J connectivity index is 2.48. The molecular formula is C17H30N2O3. The van der Waals surface area contributed by atoms with E-state index >= 15 is 0 Å². The topological polar surface area (TPSA) is 49.9 Å². The molecule has 0 atom stereocenters. The molecule has 0 saturated carbocycles. The molecule has 126 valence electrons. The lowest BCUT2D eigenvalue weighted by molar-refractivity contribution is 0.112. The lowest BCUT2D eigenvalue weighted by atomic mass is 9.82. The average Bonchev–Trinajstić information content (AvgIpc) is 2.45. The van der Waals surface area contributed by atoms with Gasteiger partial charge in [-0.2, -0.15) is 0 Å². The summed E-state index contributed by atoms with van der Waals surface area (Å²) >= 11 is 0. The van der Waals surface area contributed by atoms with E-state index in [4.69, 9.17) is 4.74 Å². The summed E-state index contributed by atoms with van der Waals surface area (Å²) in [4.78, 5) is 27.7. The summed E-state index contributed by atoms with van der Waals surface area (Å²) < 4.78 is 5.64. The average molecular weight is 310 g/mol. The van der Waals surface area contributed by atoms with Crippen molar-refractivity contribution in [3.63, 3.8) is 0 Å². The van der Waals surface area contributed by atoms with Crippen LogP contribution in [0.5, 0.6) is 0 Å². The minimum atomic E-state index is -0.365. The van der Waals surface area contributed by atoms with Crippen molar-refractivity contribution in [2.45, 2.75) is 40.0 Å². The highest BCUT2D eigenvalue weighted by molar-refractivity contribution is 5.60. The fourth-order valence-corrected chi connectivity index (χ4v) is 2.59. The Morgan fingerprint density at radius 3 is 2.00 bits per heavy atom. The van der Waals surface area contributed by atoms with Gasteiger partial charge in [0.25, 0.3) is 0 Å². The Morgan fingerprint density at radius 2 is 1.50 bits per heavy atom. The van der Waals surface area contributed by atoms with Gasteiger partial charge in [0.1, 0.15) is 0 Å². The van der Waals surface area contributed by atoms with E-state index in [1.165, 1.54) is 0 Å². The maximum absolute atomic E-state index is 11.8. The Labute approximate surface area is 133 Å². The second kappa shape index (κ2) is 7.88. The van der Waals surface area contributed by atoms with Crippen molar-refractivity contribution in [3.05, 3.63) is 26.0 Å². The maximum atomic E-state index is 11.8. The molecule has 0 saturated heterocycles. The SMILES string of the molecule is CCN(CC)CCOCCN(C)c1c(C(C)(C)C)c(=O)c1=O. The fraction of sp³-hybridized carbons (Fsp3) is 0.765. The molecule has 0 amide bonds. The zero-order valence-electron chi connectivity index (χ0n) is 14.9. The first-order chi connectivity index (χ1) is 10.2. The second-order valence-electron chi connectivity index (χ2n) is 6.69. The molecule has 1 aromatic rings. The van der Waals surface area contributed by atoms with Crippen LogP contribution >= 0.6 is 0 Å². The highest BCUT2D eigenvalue weighted by atomic mass is 16.5. The molecule has 5 nitrogen and oxygen atoms in total. The molecule has 1 rings (SSSR count). The van der Waals surface area contributed by atoms with Gasteiger partial charge in [0, 0.05) is 25.7 Å². The van der Waals surface area contributed by atoms with Gasteiger partial charge in [0.2, 0.25) is 10.9 Å². The van der Waals surface area contributed by atoms with Gasteiger partial charge in [0.05, 0.1) is 18.9 Å². The first-order valence-corrected chi connectivity index (χ1v) is 8.09. The third-order valence-electron chi connectivity index (χ3n) is 4.03. The van der Waals surface area contributed by atoms with Crippen molar-refractivity contribution in [1.29, 1.82) is 0 Å². The summed E-state index contributed by atoms with van der Waals surface area (Å²) in [5, 5.41) is 0. The first-order valence-electron chi connectivity index (χ1n) is 8.09. The molecule has 0 aromatic heterocycles. The fourth-order valence-electron chi connectivity index (χ4n) is 2.59. The van der Waals surface area contributed by atoms with Crippen LogP contribution in [0.2, 0.25) is 0 Å². The molecule has 0 fully saturated rings. The van der Waals surface area contributed by atoms with Crippen LogP contribution in [0.3, 0.4) is 0 Å². The summed E-state index contributed by atoms with van der Waals surface area (Å²) in [5.41, 5.74) is 0.207. The van der Waals surface area contributed by atoms with Gasteiger partial charge in [-0.05, 0) is 18.5 Å². The van der Waals surface area contributed by atoms with E-state index < -0.39 is 0 Å². The van der Waals surface area contributed by atoms with Crippen LogP contribution in [-0.4, -0.2) is 51.3 Å². The molecule has 22 heavy (non-hydrogen) atoms. The molecule has 0 aliphatic carbocycles. The van der Waals surface area contributed by atoms with Crippen molar-refractivity contribution in [3.8, 4) is 0 Å². The van der Waals surface area contributed by atoms with E-state index in [0.717, 1.165) is 19.6 Å². The molecule has 0 heterocycles. The van der Waals surface area contributed by atoms with Crippen molar-refractivity contribution in [2.24, 2.45) is 0 Å². The quantitative estimate of drug-likeness (QED) is 0.509. The van der Waals surface area contributed by atoms with Gasteiger partial charge in [-0.3, -0.25) is 9.59 Å². The van der Waals surface area contributed by atoms with Crippen LogP contribution < -0.4 is 15.8 Å². The van der Waals surface area contributed by atoms with Crippen molar-refractivity contribution in [2.75, 3.05) is 51.3 Å². The number of hydrogen-bond acceptors (Lipinski definition) is 5. The molecule has 1 aromatic carbocycles. The van der Waals surface area contributed by atoms with Crippen molar-refractivity contribution < 1.29 is 4.74 Å². The number of rotatable bonds is 9. The summed E-state index contributed by atoms with van der Waals surface area (Å²) in [6, 6.07) is 0. The number of ether oxygens (including phenoxy) is 1. The summed E-state index contributed by atoms with van der Waals surface area (Å²) in [6.07, 6.45) is 0. The normalized spacial score (nSPS) is 12.3. The van der Waals surface area contributed by atoms with Crippen LogP contribution in [0.15, 0.2) is 9.59 Å². The minimum Gasteiger partial charge on any atom is -0.378 e. The van der Waals surface area contributed by atoms with Gasteiger partial charge in [-0.15, -0.1) is 0 Å². The predicted molar refractivity (Wildman–Crippen MR) is 91.9 cm³/mol. The van der Waals surface area contributed by atoms with Gasteiger partial charge < -0.3 is 14.5 Å². The molecule has 0 aliphatic heterocycles. The Kier molecular flexibility index (Phi) is 6.75. The number of anilines is 1. The molecule has 0 bridgehead atoms. The third kappa shape index (κ3) is 4.40. The van der Waals surface area contributed by atoms with Gasteiger partial charge in [0.15, 0.2) is 0 Å². The lowest BCUT2D eigenvalue weighted by Gasteiger charge is -2.29. The number of likely N-dealkylation sites (N-methyl/N-ethyl adjacent to an activating group) is 2. The van der Waals surface area contributed by atoms with E-state index in [0.29, 0.717) is 31.0 Å². The van der Waals surface area contributed by atoms with Crippen LogP contribution in [-0.2, 0) is 10.2 Å². The zero-order valence-corrected chi connectivity index (χ0v) is 14.9. The molecule has 0 radical (unpaired) electrons. The molecule has 0 spiro atoms. The molecule has 0 unspecified atom stereocenters. The number of nitrogens with zero attached hydrogens (tertiary/aromatic N) is 2. The standard InChI is InChI=1S/C17H30N2O3/c1-7-19(8-2)10-12-22-11-9-18(6)14-13(17(3,4)5)15(20)16(14)21/h7-12H2,1-6H3. The van der Waals surface area contributed by atoms with Crippen LogP contribution in [0.4, 0.5) is 5.69 Å². The minimum absolute atomic E-state index is 0.293. The highest BCUT2D eigenvalue weighted by Crippen LogP contribution is 2.27. The zero-order chi connectivity index (χ0) is 16.9. The summed E-state index contributed by atoms with van der Waals surface area (Å²) in [6.45, 7) is 15.0. The predicted octanol–water partition coefficient (Wildman–Crippen LogP) is 1.37. The maximum Gasteiger partial charge on any atom is 0.249 e. The second-order valence-corrected chi connectivity index (χ2v) is 6.69. The number of hydrogen-bond donors (Lipinski definition) is 0. The van der Waals surface area contributed by atoms with Crippen molar-refractivity contribution >= 4 is 5.69 Å². The van der Waals surface area contributed by atoms with Crippen molar-refractivity contribution in [1.82, 2.24) is 4.90 Å². The smallest absolute Gasteiger partial charge is 0.249 e. The van der Waals surface area contributed by atoms with Gasteiger partial charge in [-0.1, -0.05) is 34.6 Å². The Bertz CT molecular complexity index is 535. The van der Waals surface area contributed by atoms with Gasteiger partial charge >= 0.3 is 0 Å². The molecule has 5 heteroatoms. The molecule has 0 aliphatic rings. The molecular weight excluding hydrogens is 280 g/mol. The Hall–Kier alpha value is -1.20. The Morgan fingerprint density at radius 1 is 0.955 bits per heavy atom. The summed E-state index contributed by atoms with van der Waals surface area (Å²) in [5.74, 6) is 0. The third-order valence-corrected chi connectivity index (χ3v) is 4.03. The van der Waals surface area contributed by atoms with E-state index in [9.17, 15) is 9.59 Å².